The predicted octanol–water partition coefficient (Wildman–Crippen LogP) is 2.86. The maximum atomic E-state index is 12.9. The number of amides is 1. The maximum absolute atomic E-state index is 12.9. The first-order valence-corrected chi connectivity index (χ1v) is 10.6. The third-order valence-corrected chi connectivity index (χ3v) is 6.29. The third-order valence-electron chi connectivity index (χ3n) is 6.29. The molecule has 30 heavy (non-hydrogen) atoms. The molecule has 0 atom stereocenters. The summed E-state index contributed by atoms with van der Waals surface area (Å²) in [4.78, 5) is 27.5. The van der Waals surface area contributed by atoms with Crippen molar-refractivity contribution in [1.82, 2.24) is 14.7 Å². The molecule has 2 aliphatic heterocycles. The van der Waals surface area contributed by atoms with E-state index in [-0.39, 0.29) is 17.6 Å². The largest absolute Gasteiger partial charge is 0.486 e. The number of benzene rings is 1. The van der Waals surface area contributed by atoms with Crippen LogP contribution in [0.25, 0.3) is 0 Å². The van der Waals surface area contributed by atoms with Crippen molar-refractivity contribution in [1.29, 1.82) is 0 Å². The van der Waals surface area contributed by atoms with E-state index in [1.807, 2.05) is 42.6 Å². The second-order valence-electron chi connectivity index (χ2n) is 8.15. The molecule has 0 bridgehead atoms. The van der Waals surface area contributed by atoms with Crippen molar-refractivity contribution in [2.45, 2.75) is 39.5 Å². The maximum Gasteiger partial charge on any atom is 0.222 e. The predicted molar refractivity (Wildman–Crippen MR) is 112 cm³/mol. The number of carbonyl (C=O) groups is 2. The normalized spacial score (nSPS) is 16.6. The molecule has 0 radical (unpaired) electrons. The smallest absolute Gasteiger partial charge is 0.222 e. The number of nitrogens with zero attached hydrogens (tertiary/aromatic N) is 3. The number of ether oxygens (including phenoxy) is 2. The number of carbonyl (C=O) groups excluding carboxylic acids is 2. The topological polar surface area (TPSA) is 73.7 Å². The second-order valence-corrected chi connectivity index (χ2v) is 8.15. The number of aryl methyl sites for hydroxylation is 2. The Kier molecular flexibility index (Phi) is 5.79. The van der Waals surface area contributed by atoms with Gasteiger partial charge in [-0.1, -0.05) is 0 Å². The van der Waals surface area contributed by atoms with Gasteiger partial charge in [0.2, 0.25) is 5.91 Å². The summed E-state index contributed by atoms with van der Waals surface area (Å²) in [6.07, 6.45) is 2.59. The van der Waals surface area contributed by atoms with Crippen LogP contribution in [0.2, 0.25) is 0 Å². The highest BCUT2D eigenvalue weighted by atomic mass is 16.6. The van der Waals surface area contributed by atoms with Crippen LogP contribution in [-0.2, 0) is 18.3 Å². The molecule has 2 aromatic rings. The van der Waals surface area contributed by atoms with Gasteiger partial charge in [-0.2, -0.15) is 5.10 Å². The molecule has 0 saturated carbocycles. The Bertz CT molecular complexity index is 958. The Labute approximate surface area is 177 Å². The number of Topliss-reactive ketones (excluding diaryl/α,β-unsaturated/α-hetero) is 1. The average molecular weight is 412 g/mol. The Morgan fingerprint density at radius 2 is 1.80 bits per heavy atom. The van der Waals surface area contributed by atoms with Crippen molar-refractivity contribution in [3.63, 3.8) is 0 Å². The lowest BCUT2D eigenvalue weighted by atomic mass is 9.88. The zero-order chi connectivity index (χ0) is 21.3. The number of rotatable bonds is 5. The van der Waals surface area contributed by atoms with E-state index in [9.17, 15) is 9.59 Å². The highest BCUT2D eigenvalue weighted by Gasteiger charge is 2.29. The molecule has 1 aromatic carbocycles. The summed E-state index contributed by atoms with van der Waals surface area (Å²) in [5, 5.41) is 4.42. The van der Waals surface area contributed by atoms with Crippen molar-refractivity contribution in [2.24, 2.45) is 13.0 Å². The monoisotopic (exact) mass is 411 g/mol. The second kappa shape index (κ2) is 8.50. The number of hydrogen-bond donors (Lipinski definition) is 0. The van der Waals surface area contributed by atoms with Gasteiger partial charge in [0.05, 0.1) is 5.69 Å². The molecule has 0 aliphatic carbocycles. The van der Waals surface area contributed by atoms with Crippen molar-refractivity contribution in [3.8, 4) is 11.5 Å². The van der Waals surface area contributed by atoms with E-state index in [1.165, 1.54) is 0 Å². The molecule has 7 nitrogen and oxygen atoms in total. The van der Waals surface area contributed by atoms with Crippen LogP contribution in [0, 0.1) is 19.8 Å². The third kappa shape index (κ3) is 4.06. The zero-order valence-corrected chi connectivity index (χ0v) is 17.9. The summed E-state index contributed by atoms with van der Waals surface area (Å²) < 4.78 is 13.0. The first-order valence-electron chi connectivity index (χ1n) is 10.6. The van der Waals surface area contributed by atoms with Gasteiger partial charge in [0.1, 0.15) is 13.2 Å². The average Bonchev–Trinajstić information content (AvgIpc) is 3.02. The lowest BCUT2D eigenvalue weighted by Gasteiger charge is -2.31. The van der Waals surface area contributed by atoms with Crippen LogP contribution in [-0.4, -0.2) is 52.7 Å². The molecule has 1 amide bonds. The molecule has 4 rings (SSSR count). The minimum atomic E-state index is -0.0561. The van der Waals surface area contributed by atoms with Crippen LogP contribution >= 0.6 is 0 Å². The molecule has 1 fully saturated rings. The van der Waals surface area contributed by atoms with Crippen molar-refractivity contribution in [2.75, 3.05) is 26.3 Å². The quantitative estimate of drug-likeness (QED) is 0.708. The van der Waals surface area contributed by atoms with Crippen LogP contribution in [0.5, 0.6) is 11.5 Å². The lowest BCUT2D eigenvalue weighted by Crippen LogP contribution is -2.40. The summed E-state index contributed by atoms with van der Waals surface area (Å²) in [7, 11) is 1.93. The number of likely N-dealkylation sites (tertiary alicyclic amines) is 1. The summed E-state index contributed by atoms with van der Waals surface area (Å²) in [6, 6.07) is 5.40. The van der Waals surface area contributed by atoms with Crippen LogP contribution in [0.15, 0.2) is 18.2 Å². The van der Waals surface area contributed by atoms with Gasteiger partial charge >= 0.3 is 0 Å². The standard InChI is InChI=1S/C23H29N3O4/c1-15-19(16(2)25(3)24-15)5-7-22(27)26-10-8-17(9-11-26)23(28)18-4-6-20-21(14-18)30-13-12-29-20/h4,6,14,17H,5,7-13H2,1-3H3. The molecule has 3 heterocycles. The number of aromatic nitrogens is 2. The molecular weight excluding hydrogens is 382 g/mol. The molecule has 7 heteroatoms. The van der Waals surface area contributed by atoms with Gasteiger partial charge in [0.15, 0.2) is 17.3 Å². The fourth-order valence-electron chi connectivity index (χ4n) is 4.39. The Hall–Kier alpha value is -2.83. The summed E-state index contributed by atoms with van der Waals surface area (Å²) in [6.45, 7) is 6.32. The first-order chi connectivity index (χ1) is 14.4. The number of fused-ring (bicyclic) bond motifs is 1. The van der Waals surface area contributed by atoms with E-state index in [4.69, 9.17) is 9.47 Å². The zero-order valence-electron chi connectivity index (χ0n) is 17.9. The SMILES string of the molecule is Cc1nn(C)c(C)c1CCC(=O)N1CCC(C(=O)c2ccc3c(c2)OCCO3)CC1. The van der Waals surface area contributed by atoms with Crippen molar-refractivity contribution < 1.29 is 19.1 Å². The first kappa shape index (κ1) is 20.4. The fraction of sp³-hybridized carbons (Fsp3) is 0.522. The van der Waals surface area contributed by atoms with Gasteiger partial charge in [-0.3, -0.25) is 14.3 Å². The van der Waals surface area contributed by atoms with Gasteiger partial charge in [0.25, 0.3) is 0 Å². The number of ketones is 1. The summed E-state index contributed by atoms with van der Waals surface area (Å²) in [5.41, 5.74) is 3.93. The molecule has 0 unspecified atom stereocenters. The van der Waals surface area contributed by atoms with Crippen molar-refractivity contribution in [3.05, 3.63) is 40.7 Å². The Morgan fingerprint density at radius 1 is 1.10 bits per heavy atom. The lowest BCUT2D eigenvalue weighted by molar-refractivity contribution is -0.132. The van der Waals surface area contributed by atoms with Gasteiger partial charge in [-0.15, -0.1) is 0 Å². The summed E-state index contributed by atoms with van der Waals surface area (Å²) >= 11 is 0. The van der Waals surface area contributed by atoms with Crippen LogP contribution in [0.3, 0.4) is 0 Å². The fourth-order valence-corrected chi connectivity index (χ4v) is 4.39. The van der Waals surface area contributed by atoms with Gasteiger partial charge in [-0.25, -0.2) is 0 Å². The molecule has 160 valence electrons. The minimum Gasteiger partial charge on any atom is -0.486 e. The van der Waals surface area contributed by atoms with Gasteiger partial charge < -0.3 is 14.4 Å². The number of hydrogen-bond acceptors (Lipinski definition) is 5. The van der Waals surface area contributed by atoms with E-state index >= 15 is 0 Å². The molecule has 0 N–H and O–H groups in total. The van der Waals surface area contributed by atoms with E-state index in [2.05, 4.69) is 5.10 Å². The molecule has 0 spiro atoms. The van der Waals surface area contributed by atoms with E-state index < -0.39 is 0 Å². The molecular formula is C23H29N3O4. The van der Waals surface area contributed by atoms with Crippen LogP contribution < -0.4 is 9.47 Å². The van der Waals surface area contributed by atoms with Crippen molar-refractivity contribution >= 4 is 11.7 Å². The summed E-state index contributed by atoms with van der Waals surface area (Å²) in [5.74, 6) is 1.56. The van der Waals surface area contributed by atoms with Gasteiger partial charge in [0, 0.05) is 43.7 Å². The molecule has 1 aromatic heterocycles. The van der Waals surface area contributed by atoms with E-state index in [0.717, 1.165) is 17.0 Å². The molecule has 2 aliphatic rings. The highest BCUT2D eigenvalue weighted by molar-refractivity contribution is 5.98. The minimum absolute atomic E-state index is 0.0561. The highest BCUT2D eigenvalue weighted by Crippen LogP contribution is 2.32. The van der Waals surface area contributed by atoms with Crippen LogP contribution in [0.1, 0.15) is 46.6 Å². The van der Waals surface area contributed by atoms with Crippen LogP contribution in [0.4, 0.5) is 0 Å². The van der Waals surface area contributed by atoms with E-state index in [1.54, 1.807) is 6.07 Å². The Morgan fingerprint density at radius 3 is 2.47 bits per heavy atom. The molecule has 1 saturated heterocycles. The van der Waals surface area contributed by atoms with Gasteiger partial charge in [-0.05, 0) is 56.9 Å². The number of piperidine rings is 1. The van der Waals surface area contributed by atoms with E-state index in [0.29, 0.717) is 69.0 Å². The Balaban J connectivity index is 1.31.